The van der Waals surface area contributed by atoms with Gasteiger partial charge in [-0.1, -0.05) is 54.6 Å². The summed E-state index contributed by atoms with van der Waals surface area (Å²) in [6.45, 7) is 7.88. The van der Waals surface area contributed by atoms with E-state index in [1.165, 1.54) is 0 Å². The molecule has 0 saturated heterocycles. The number of amides is 1. The van der Waals surface area contributed by atoms with E-state index in [-0.39, 0.29) is 12.6 Å². The second-order valence-electron chi connectivity index (χ2n) is 11.0. The van der Waals surface area contributed by atoms with Crippen molar-refractivity contribution in [2.45, 2.75) is 45.8 Å². The van der Waals surface area contributed by atoms with Gasteiger partial charge in [0.05, 0.1) is 23.5 Å². The van der Waals surface area contributed by atoms with Crippen molar-refractivity contribution in [3.8, 4) is 22.4 Å². The minimum Gasteiger partial charge on any atom is -0.465 e. The Labute approximate surface area is 251 Å². The van der Waals surface area contributed by atoms with Crippen LogP contribution in [0.3, 0.4) is 0 Å². The Morgan fingerprint density at radius 2 is 1.60 bits per heavy atom. The Morgan fingerprint density at radius 3 is 2.28 bits per heavy atom. The lowest BCUT2D eigenvalue weighted by Gasteiger charge is -2.20. The maximum atomic E-state index is 13.3. The van der Waals surface area contributed by atoms with Gasteiger partial charge in [0.2, 0.25) is 0 Å². The summed E-state index contributed by atoms with van der Waals surface area (Å²) in [6.07, 6.45) is 4.53. The van der Waals surface area contributed by atoms with E-state index in [9.17, 15) is 9.59 Å². The molecule has 0 saturated carbocycles. The minimum atomic E-state index is -0.736. The van der Waals surface area contributed by atoms with Gasteiger partial charge in [-0.2, -0.15) is 0 Å². The summed E-state index contributed by atoms with van der Waals surface area (Å²) in [7, 11) is 0. The quantitative estimate of drug-likeness (QED) is 0.198. The van der Waals surface area contributed by atoms with Crippen molar-refractivity contribution in [3.05, 3.63) is 114 Å². The number of nitrogens with one attached hydrogen (secondary N) is 1. The average Bonchev–Trinajstić information content (AvgIpc) is 3.00. The number of hydrogen-bond donors (Lipinski definition) is 1. The highest BCUT2D eigenvalue weighted by atomic mass is 16.6. The number of pyridine rings is 3. The van der Waals surface area contributed by atoms with Gasteiger partial charge in [-0.15, -0.1) is 0 Å². The maximum Gasteiger partial charge on any atom is 0.407 e. The largest absolute Gasteiger partial charge is 0.465 e. The molecule has 8 nitrogen and oxygen atoms in total. The van der Waals surface area contributed by atoms with E-state index in [1.54, 1.807) is 37.6 Å². The Bertz CT molecular complexity index is 1720. The van der Waals surface area contributed by atoms with Crippen LogP contribution >= 0.6 is 0 Å². The number of esters is 1. The first-order valence-electron chi connectivity index (χ1n) is 14.2. The highest BCUT2D eigenvalue weighted by molar-refractivity contribution is 5.96. The van der Waals surface area contributed by atoms with Gasteiger partial charge in [-0.3, -0.25) is 14.8 Å². The van der Waals surface area contributed by atoms with E-state index >= 15 is 0 Å². The molecule has 1 amide bonds. The number of hydrogen-bond acceptors (Lipinski definition) is 7. The van der Waals surface area contributed by atoms with Crippen LogP contribution in [0, 0.1) is 0 Å². The molecule has 1 unspecified atom stereocenters. The van der Waals surface area contributed by atoms with Crippen LogP contribution in [0.5, 0.6) is 0 Å². The fraction of sp³-hybridized carbons (Fsp3) is 0.229. The molecule has 0 bridgehead atoms. The van der Waals surface area contributed by atoms with Crippen LogP contribution in [0.15, 0.2) is 97.5 Å². The van der Waals surface area contributed by atoms with Crippen LogP contribution < -0.4 is 5.32 Å². The van der Waals surface area contributed by atoms with Crippen molar-refractivity contribution < 1.29 is 19.1 Å². The maximum absolute atomic E-state index is 13.3. The number of benzene rings is 2. The van der Waals surface area contributed by atoms with Gasteiger partial charge in [0.25, 0.3) is 0 Å². The van der Waals surface area contributed by atoms with Crippen LogP contribution in [-0.2, 0) is 20.8 Å². The van der Waals surface area contributed by atoms with E-state index in [2.05, 4.69) is 21.4 Å². The number of carbonyl (C=O) groups excluding carboxylic acids is 2. The lowest BCUT2D eigenvalue weighted by Crippen LogP contribution is -2.32. The van der Waals surface area contributed by atoms with Crippen LogP contribution in [0.1, 0.15) is 50.4 Å². The fourth-order valence-corrected chi connectivity index (χ4v) is 4.86. The zero-order valence-corrected chi connectivity index (χ0v) is 24.7. The van der Waals surface area contributed by atoms with E-state index in [0.717, 1.165) is 38.9 Å². The lowest BCUT2D eigenvalue weighted by atomic mass is 9.91. The second kappa shape index (κ2) is 12.8. The zero-order chi connectivity index (χ0) is 30.4. The van der Waals surface area contributed by atoms with Crippen LogP contribution in [0.25, 0.3) is 33.3 Å². The molecule has 0 aliphatic rings. The summed E-state index contributed by atoms with van der Waals surface area (Å²) in [4.78, 5) is 39.3. The predicted molar refractivity (Wildman–Crippen MR) is 166 cm³/mol. The Balaban J connectivity index is 1.58. The third-order valence-corrected chi connectivity index (χ3v) is 6.76. The second-order valence-corrected chi connectivity index (χ2v) is 11.0. The number of alkyl carbamates (subject to hydrolysis) is 1. The molecular weight excluding hydrogens is 540 g/mol. The molecule has 5 rings (SSSR count). The monoisotopic (exact) mass is 574 g/mol. The van der Waals surface area contributed by atoms with Gasteiger partial charge >= 0.3 is 12.1 Å². The molecule has 0 aliphatic carbocycles. The molecule has 0 spiro atoms. The number of carbonyl (C=O) groups is 2. The molecular formula is C35H34N4O4. The summed E-state index contributed by atoms with van der Waals surface area (Å²) < 4.78 is 10.8. The number of rotatable bonds is 8. The highest BCUT2D eigenvalue weighted by Crippen LogP contribution is 2.37. The van der Waals surface area contributed by atoms with Gasteiger partial charge in [0.1, 0.15) is 11.5 Å². The van der Waals surface area contributed by atoms with Gasteiger partial charge in [-0.25, -0.2) is 9.78 Å². The topological polar surface area (TPSA) is 103 Å². The smallest absolute Gasteiger partial charge is 0.407 e. The molecule has 0 aliphatic heterocycles. The zero-order valence-electron chi connectivity index (χ0n) is 24.7. The molecule has 1 atom stereocenters. The normalized spacial score (nSPS) is 12.0. The molecule has 0 fully saturated rings. The molecule has 5 aromatic rings. The predicted octanol–water partition coefficient (Wildman–Crippen LogP) is 7.08. The summed E-state index contributed by atoms with van der Waals surface area (Å²) in [5, 5.41) is 3.56. The first kappa shape index (κ1) is 29.4. The third kappa shape index (κ3) is 7.04. The van der Waals surface area contributed by atoms with Crippen molar-refractivity contribution >= 4 is 23.0 Å². The Hall–Kier alpha value is -5.11. The molecule has 3 heterocycles. The van der Waals surface area contributed by atoms with Crippen LogP contribution in [-0.4, -0.2) is 39.2 Å². The Morgan fingerprint density at radius 1 is 0.884 bits per heavy atom. The molecule has 0 radical (unpaired) electrons. The standard InChI is InChI=1S/C35H34N4O4/c1-5-42-33(40)30(25-15-18-36-19-16-25)32-28-21-27(24-9-7-6-8-10-24)31(39-29(28)17-20-37-32)26-13-11-23(12-14-26)22-38-34(41)43-35(2,3)4/h6-21,30H,5,22H2,1-4H3,(H,38,41). The molecule has 3 aromatic heterocycles. The van der Waals surface area contributed by atoms with Crippen molar-refractivity contribution in [1.29, 1.82) is 0 Å². The van der Waals surface area contributed by atoms with Crippen molar-refractivity contribution in [2.75, 3.05) is 6.61 Å². The van der Waals surface area contributed by atoms with E-state index < -0.39 is 17.6 Å². The first-order chi connectivity index (χ1) is 20.7. The van der Waals surface area contributed by atoms with Gasteiger partial charge in [0.15, 0.2) is 0 Å². The van der Waals surface area contributed by atoms with Gasteiger partial charge < -0.3 is 14.8 Å². The number of nitrogens with zero attached hydrogens (tertiary/aromatic N) is 3. The molecule has 2 aromatic carbocycles. The van der Waals surface area contributed by atoms with Crippen molar-refractivity contribution in [2.24, 2.45) is 0 Å². The van der Waals surface area contributed by atoms with E-state index in [4.69, 9.17) is 14.5 Å². The highest BCUT2D eigenvalue weighted by Gasteiger charge is 2.28. The number of fused-ring (bicyclic) bond motifs is 1. The fourth-order valence-electron chi connectivity index (χ4n) is 4.86. The molecule has 218 valence electrons. The average molecular weight is 575 g/mol. The van der Waals surface area contributed by atoms with Crippen LogP contribution in [0.2, 0.25) is 0 Å². The Kier molecular flexibility index (Phi) is 8.76. The lowest BCUT2D eigenvalue weighted by molar-refractivity contribution is -0.143. The first-order valence-corrected chi connectivity index (χ1v) is 14.2. The summed E-state index contributed by atoms with van der Waals surface area (Å²) in [6, 6.07) is 25.4. The van der Waals surface area contributed by atoms with Gasteiger partial charge in [0, 0.05) is 41.6 Å². The number of aromatic nitrogens is 3. The van der Waals surface area contributed by atoms with Gasteiger partial charge in [-0.05, 0) is 68.7 Å². The minimum absolute atomic E-state index is 0.256. The van der Waals surface area contributed by atoms with E-state index in [1.807, 2.05) is 81.4 Å². The summed E-state index contributed by atoms with van der Waals surface area (Å²) in [5.74, 6) is -1.12. The van der Waals surface area contributed by atoms with Crippen molar-refractivity contribution in [1.82, 2.24) is 20.3 Å². The number of ether oxygens (including phenoxy) is 2. The summed E-state index contributed by atoms with van der Waals surface area (Å²) >= 11 is 0. The molecule has 8 heteroatoms. The van der Waals surface area contributed by atoms with Crippen LogP contribution in [0.4, 0.5) is 4.79 Å². The third-order valence-electron chi connectivity index (χ3n) is 6.76. The van der Waals surface area contributed by atoms with E-state index in [0.29, 0.717) is 17.8 Å². The molecule has 43 heavy (non-hydrogen) atoms. The SMILES string of the molecule is CCOC(=O)C(c1ccncc1)c1nccc2nc(-c3ccc(CNC(=O)OC(C)(C)C)cc3)c(-c3ccccc3)cc12. The van der Waals surface area contributed by atoms with Crippen molar-refractivity contribution in [3.63, 3.8) is 0 Å². The molecule has 1 N–H and O–H groups in total. The summed E-state index contributed by atoms with van der Waals surface area (Å²) in [5.41, 5.74) is 5.98.